The summed E-state index contributed by atoms with van der Waals surface area (Å²) in [5.74, 6) is -0.207. The Kier molecular flexibility index (Phi) is 12.2. The zero-order valence-electron chi connectivity index (χ0n) is 28.8. The predicted octanol–water partition coefficient (Wildman–Crippen LogP) is 9.18. The molecule has 0 saturated carbocycles. The van der Waals surface area contributed by atoms with Gasteiger partial charge in [0.15, 0.2) is 12.6 Å². The predicted molar refractivity (Wildman–Crippen MR) is 187 cm³/mol. The first-order valence-electron chi connectivity index (χ1n) is 18.4. The summed E-state index contributed by atoms with van der Waals surface area (Å²) < 4.78 is 22.8. The summed E-state index contributed by atoms with van der Waals surface area (Å²) in [4.78, 5) is 32.8. The van der Waals surface area contributed by atoms with Crippen LogP contribution < -0.4 is 9.80 Å². The second-order valence-electron chi connectivity index (χ2n) is 13.3. The number of anilines is 2. The van der Waals surface area contributed by atoms with Gasteiger partial charge >= 0.3 is 0 Å². The van der Waals surface area contributed by atoms with Gasteiger partial charge in [0.25, 0.3) is 11.8 Å². The van der Waals surface area contributed by atoms with Crippen LogP contribution in [0.5, 0.6) is 0 Å². The average Bonchev–Trinajstić information content (AvgIpc) is 3.93. The molecule has 0 spiro atoms. The molecule has 0 N–H and O–H groups in total. The lowest BCUT2D eigenvalue weighted by atomic mass is 10.0. The quantitative estimate of drug-likeness (QED) is 0.149. The number of rotatable bonds is 18. The van der Waals surface area contributed by atoms with Crippen LogP contribution in [0.4, 0.5) is 11.4 Å². The lowest BCUT2D eigenvalue weighted by Gasteiger charge is -2.26. The van der Waals surface area contributed by atoms with Crippen molar-refractivity contribution in [3.05, 3.63) is 82.2 Å². The maximum absolute atomic E-state index is 14.6. The lowest BCUT2D eigenvalue weighted by molar-refractivity contribution is -0.115. The van der Waals surface area contributed by atoms with Crippen molar-refractivity contribution in [3.8, 4) is 0 Å². The summed E-state index contributed by atoms with van der Waals surface area (Å²) in [5, 5.41) is 0. The highest BCUT2D eigenvalue weighted by Gasteiger charge is 2.48. The van der Waals surface area contributed by atoms with E-state index < -0.39 is 0 Å². The van der Waals surface area contributed by atoms with Crippen LogP contribution in [0.3, 0.4) is 0 Å². The molecule has 2 aromatic carbocycles. The van der Waals surface area contributed by atoms with Crippen molar-refractivity contribution in [2.75, 3.05) is 36.2 Å². The molecule has 8 nitrogen and oxygen atoms in total. The maximum atomic E-state index is 14.6. The Morgan fingerprint density at radius 3 is 1.19 bits per heavy atom. The van der Waals surface area contributed by atoms with Crippen LogP contribution in [0.2, 0.25) is 0 Å². The van der Waals surface area contributed by atoms with Crippen molar-refractivity contribution in [2.24, 2.45) is 0 Å². The fourth-order valence-corrected chi connectivity index (χ4v) is 7.27. The minimum Gasteiger partial charge on any atom is -0.346 e. The van der Waals surface area contributed by atoms with Gasteiger partial charge in [0, 0.05) is 33.9 Å². The van der Waals surface area contributed by atoms with Crippen molar-refractivity contribution in [3.63, 3.8) is 0 Å². The number of nitrogens with zero attached hydrogens (tertiary/aromatic N) is 2. The molecule has 4 aliphatic heterocycles. The van der Waals surface area contributed by atoms with Gasteiger partial charge in [0.1, 0.15) is 0 Å². The Labute approximate surface area is 286 Å². The Morgan fingerprint density at radius 1 is 0.500 bits per heavy atom. The third kappa shape index (κ3) is 7.62. The van der Waals surface area contributed by atoms with Crippen LogP contribution in [0, 0.1) is 0 Å². The molecule has 0 aromatic heterocycles. The van der Waals surface area contributed by atoms with Gasteiger partial charge in [0.2, 0.25) is 0 Å². The number of amides is 2. The number of fused-ring (bicyclic) bond motifs is 1. The van der Waals surface area contributed by atoms with Crippen molar-refractivity contribution >= 4 is 23.2 Å². The highest BCUT2D eigenvalue weighted by Crippen LogP contribution is 2.46. The Morgan fingerprint density at radius 2 is 0.833 bits per heavy atom. The Hall–Kier alpha value is -3.30. The summed E-state index contributed by atoms with van der Waals surface area (Å²) in [6, 6.07) is 15.7. The van der Waals surface area contributed by atoms with Crippen molar-refractivity contribution in [1.82, 2.24) is 0 Å². The van der Waals surface area contributed by atoms with E-state index in [0.29, 0.717) is 50.4 Å². The minimum absolute atomic E-state index is 0.103. The highest BCUT2D eigenvalue weighted by molar-refractivity contribution is 6.30. The number of hydrogen-bond acceptors (Lipinski definition) is 6. The molecule has 2 amide bonds. The van der Waals surface area contributed by atoms with E-state index in [9.17, 15) is 9.59 Å². The molecular formula is C40H52N2O6. The van der Waals surface area contributed by atoms with Crippen molar-refractivity contribution in [1.29, 1.82) is 0 Å². The summed E-state index contributed by atoms with van der Waals surface area (Å²) in [5.41, 5.74) is 6.20. The number of ether oxygens (including phenoxy) is 4. The van der Waals surface area contributed by atoms with E-state index in [1.165, 1.54) is 38.5 Å². The van der Waals surface area contributed by atoms with Gasteiger partial charge in [-0.3, -0.25) is 19.4 Å². The highest BCUT2D eigenvalue weighted by atomic mass is 16.7. The van der Waals surface area contributed by atoms with Gasteiger partial charge in [-0.2, -0.15) is 0 Å². The number of carbonyl (C=O) groups excluding carboxylic acids is 2. The second-order valence-corrected chi connectivity index (χ2v) is 13.3. The molecule has 2 fully saturated rings. The first-order chi connectivity index (χ1) is 23.6. The number of benzene rings is 2. The van der Waals surface area contributed by atoms with Gasteiger partial charge in [-0.1, -0.05) is 102 Å². The lowest BCUT2D eigenvalue weighted by Crippen LogP contribution is -2.31. The number of carbonyl (C=O) groups is 2. The van der Waals surface area contributed by atoms with Gasteiger partial charge in [0.05, 0.1) is 37.6 Å². The number of unbranched alkanes of at least 4 members (excludes halogenated alkanes) is 10. The first-order valence-corrected chi connectivity index (χ1v) is 18.4. The minimum atomic E-state index is -0.381. The normalized spacial score (nSPS) is 18.8. The summed E-state index contributed by atoms with van der Waals surface area (Å²) in [6.45, 7) is 6.75. The van der Waals surface area contributed by atoms with Crippen LogP contribution >= 0.6 is 0 Å². The van der Waals surface area contributed by atoms with Crippen molar-refractivity contribution in [2.45, 2.75) is 116 Å². The molecule has 2 saturated heterocycles. The molecule has 258 valence electrons. The SMILES string of the molecule is CCCCCCCCC1=C2C(=O)N(c3ccc(C4OCCO4)cc3)C(CCCCCCCC)=C2C(=O)N1c1ccc(C2OCCO2)cc1. The Bertz CT molecular complexity index is 1340. The second kappa shape index (κ2) is 16.9. The molecule has 2 aromatic rings. The van der Waals surface area contributed by atoms with Crippen LogP contribution in [0.1, 0.15) is 127 Å². The average molecular weight is 657 g/mol. The third-order valence-electron chi connectivity index (χ3n) is 9.83. The molecular weight excluding hydrogens is 604 g/mol. The zero-order valence-corrected chi connectivity index (χ0v) is 28.8. The van der Waals surface area contributed by atoms with E-state index >= 15 is 0 Å². The molecule has 6 rings (SSSR count). The molecule has 8 heteroatoms. The molecule has 48 heavy (non-hydrogen) atoms. The van der Waals surface area contributed by atoms with E-state index in [-0.39, 0.29) is 24.4 Å². The van der Waals surface area contributed by atoms with Gasteiger partial charge < -0.3 is 18.9 Å². The van der Waals surface area contributed by atoms with Crippen molar-refractivity contribution < 1.29 is 28.5 Å². The monoisotopic (exact) mass is 656 g/mol. The van der Waals surface area contributed by atoms with Crippen LogP contribution in [-0.2, 0) is 28.5 Å². The fourth-order valence-electron chi connectivity index (χ4n) is 7.27. The summed E-state index contributed by atoms with van der Waals surface area (Å²) >= 11 is 0. The van der Waals surface area contributed by atoms with Crippen LogP contribution in [0.25, 0.3) is 0 Å². The van der Waals surface area contributed by atoms with Gasteiger partial charge in [-0.15, -0.1) is 0 Å². The molecule has 0 atom stereocenters. The van der Waals surface area contributed by atoms with Gasteiger partial charge in [-0.05, 0) is 49.9 Å². The van der Waals surface area contributed by atoms with E-state index in [1.807, 2.05) is 58.3 Å². The maximum Gasteiger partial charge on any atom is 0.265 e. The molecule has 0 bridgehead atoms. The Balaban J connectivity index is 1.33. The smallest absolute Gasteiger partial charge is 0.265 e. The van der Waals surface area contributed by atoms with Gasteiger partial charge in [-0.25, -0.2) is 0 Å². The topological polar surface area (TPSA) is 77.5 Å². The summed E-state index contributed by atoms with van der Waals surface area (Å²) in [7, 11) is 0. The van der Waals surface area contributed by atoms with E-state index in [0.717, 1.165) is 72.4 Å². The number of allylic oxidation sites excluding steroid dienone is 2. The van der Waals surface area contributed by atoms with E-state index in [4.69, 9.17) is 18.9 Å². The van der Waals surface area contributed by atoms with Crippen LogP contribution in [0.15, 0.2) is 71.1 Å². The fraction of sp³-hybridized carbons (Fsp3) is 0.550. The molecule has 0 unspecified atom stereocenters. The third-order valence-corrected chi connectivity index (χ3v) is 9.83. The summed E-state index contributed by atoms with van der Waals surface area (Å²) in [6.07, 6.45) is 14.2. The molecule has 0 radical (unpaired) electrons. The van der Waals surface area contributed by atoms with Crippen LogP contribution in [-0.4, -0.2) is 38.2 Å². The largest absolute Gasteiger partial charge is 0.346 e. The van der Waals surface area contributed by atoms with E-state index in [2.05, 4.69) is 13.8 Å². The zero-order chi connectivity index (χ0) is 33.3. The number of hydrogen-bond donors (Lipinski definition) is 0. The molecule has 4 heterocycles. The standard InChI is InChI=1S/C40H52N2O6/c1-3-5-7-9-11-13-15-33-35-36(38(44)41(33)31-21-17-29(18-22-31)39-45-25-26-46-39)34(16-14-12-10-8-6-4-2)42(37(35)43)32-23-19-30(20-24-32)40-47-27-28-48-40/h17-24,39-40H,3-16,25-28H2,1-2H3. The first kappa shape index (κ1) is 34.6. The molecule has 0 aliphatic carbocycles. The molecule has 4 aliphatic rings. The van der Waals surface area contributed by atoms with E-state index in [1.54, 1.807) is 0 Å².